The lowest BCUT2D eigenvalue weighted by atomic mass is 10.1. The Morgan fingerprint density at radius 2 is 2.44 bits per heavy atom. The van der Waals surface area contributed by atoms with Crippen LogP contribution in [0.3, 0.4) is 0 Å². The molecule has 4 heteroatoms. The molecule has 0 aliphatic carbocycles. The van der Waals surface area contributed by atoms with E-state index in [0.717, 1.165) is 13.0 Å². The summed E-state index contributed by atoms with van der Waals surface area (Å²) in [4.78, 5) is 0. The van der Waals surface area contributed by atoms with Crippen molar-refractivity contribution in [2.24, 2.45) is 0 Å². The molecule has 0 aromatic heterocycles. The Balaban J connectivity index is 1.85. The first-order valence-corrected chi connectivity index (χ1v) is 5.50. The van der Waals surface area contributed by atoms with Gasteiger partial charge >= 0.3 is 0 Å². The van der Waals surface area contributed by atoms with Crippen molar-refractivity contribution in [1.82, 2.24) is 5.32 Å². The number of halogens is 1. The molecule has 0 bridgehead atoms. The zero-order valence-electron chi connectivity index (χ0n) is 9.03. The third kappa shape index (κ3) is 3.01. The van der Waals surface area contributed by atoms with Gasteiger partial charge in [0.15, 0.2) is 0 Å². The van der Waals surface area contributed by atoms with E-state index in [2.05, 4.69) is 5.32 Å². The van der Waals surface area contributed by atoms with Crippen molar-refractivity contribution in [2.45, 2.75) is 18.6 Å². The molecule has 1 heterocycles. The molecule has 1 fully saturated rings. The Morgan fingerprint density at radius 1 is 1.56 bits per heavy atom. The number of nitrogens with one attached hydrogen (secondary N) is 1. The highest BCUT2D eigenvalue weighted by Gasteiger charge is 2.16. The maximum Gasteiger partial charge on any atom is 0.123 e. The normalized spacial score (nSPS) is 22.2. The number of benzene rings is 1. The molecule has 1 saturated heterocycles. The largest absolute Gasteiger partial charge is 0.387 e. The van der Waals surface area contributed by atoms with Crippen LogP contribution in [-0.2, 0) is 4.74 Å². The van der Waals surface area contributed by atoms with Gasteiger partial charge in [-0.2, -0.15) is 0 Å². The van der Waals surface area contributed by atoms with Gasteiger partial charge in [0.2, 0.25) is 0 Å². The van der Waals surface area contributed by atoms with Crippen LogP contribution in [0.5, 0.6) is 0 Å². The molecule has 1 aromatic carbocycles. The SMILES string of the molecule is OC(CNC1CCOC1)c1cccc(F)c1. The molecule has 0 radical (unpaired) electrons. The van der Waals surface area contributed by atoms with Gasteiger partial charge < -0.3 is 15.2 Å². The Morgan fingerprint density at radius 3 is 3.12 bits per heavy atom. The van der Waals surface area contributed by atoms with E-state index in [1.165, 1.54) is 12.1 Å². The zero-order chi connectivity index (χ0) is 11.4. The van der Waals surface area contributed by atoms with Crippen LogP contribution in [0.25, 0.3) is 0 Å². The third-order valence-corrected chi connectivity index (χ3v) is 2.76. The lowest BCUT2D eigenvalue weighted by Gasteiger charge is -2.15. The average Bonchev–Trinajstić information content (AvgIpc) is 2.78. The first-order chi connectivity index (χ1) is 7.75. The molecular formula is C12H16FNO2. The Kier molecular flexibility index (Phi) is 3.88. The van der Waals surface area contributed by atoms with E-state index in [4.69, 9.17) is 4.74 Å². The minimum atomic E-state index is -0.670. The molecule has 88 valence electrons. The van der Waals surface area contributed by atoms with Crippen molar-refractivity contribution < 1.29 is 14.2 Å². The fourth-order valence-corrected chi connectivity index (χ4v) is 1.81. The second-order valence-corrected chi connectivity index (χ2v) is 4.04. The van der Waals surface area contributed by atoms with Gasteiger partial charge in [0.25, 0.3) is 0 Å². The number of aliphatic hydroxyl groups excluding tert-OH is 1. The van der Waals surface area contributed by atoms with E-state index < -0.39 is 6.10 Å². The highest BCUT2D eigenvalue weighted by molar-refractivity contribution is 5.18. The average molecular weight is 225 g/mol. The zero-order valence-corrected chi connectivity index (χ0v) is 9.03. The molecule has 2 N–H and O–H groups in total. The molecule has 2 atom stereocenters. The van der Waals surface area contributed by atoms with Crippen molar-refractivity contribution in [3.63, 3.8) is 0 Å². The van der Waals surface area contributed by atoms with Gasteiger partial charge in [0.05, 0.1) is 12.7 Å². The Hall–Kier alpha value is -0.970. The highest BCUT2D eigenvalue weighted by atomic mass is 19.1. The van der Waals surface area contributed by atoms with E-state index in [-0.39, 0.29) is 5.82 Å². The third-order valence-electron chi connectivity index (χ3n) is 2.76. The predicted octanol–water partition coefficient (Wildman–Crippen LogP) is 1.24. The fourth-order valence-electron chi connectivity index (χ4n) is 1.81. The highest BCUT2D eigenvalue weighted by Crippen LogP contribution is 2.14. The molecule has 0 spiro atoms. The molecule has 1 aliphatic rings. The maximum absolute atomic E-state index is 12.9. The number of ether oxygens (including phenoxy) is 1. The lowest BCUT2D eigenvalue weighted by Crippen LogP contribution is -2.32. The number of hydrogen-bond acceptors (Lipinski definition) is 3. The second kappa shape index (κ2) is 5.39. The lowest BCUT2D eigenvalue weighted by molar-refractivity contribution is 0.160. The van der Waals surface area contributed by atoms with Crippen LogP contribution in [0.15, 0.2) is 24.3 Å². The summed E-state index contributed by atoms with van der Waals surface area (Å²) >= 11 is 0. The minimum absolute atomic E-state index is 0.309. The van der Waals surface area contributed by atoms with Crippen molar-refractivity contribution >= 4 is 0 Å². The van der Waals surface area contributed by atoms with Gasteiger partial charge in [0, 0.05) is 19.2 Å². The molecule has 3 nitrogen and oxygen atoms in total. The number of aliphatic hydroxyl groups is 1. The smallest absolute Gasteiger partial charge is 0.123 e. The van der Waals surface area contributed by atoms with Crippen LogP contribution in [0.4, 0.5) is 4.39 Å². The van der Waals surface area contributed by atoms with E-state index in [9.17, 15) is 9.50 Å². The Bertz CT molecular complexity index is 340. The Labute approximate surface area is 94.2 Å². The molecule has 16 heavy (non-hydrogen) atoms. The van der Waals surface area contributed by atoms with E-state index >= 15 is 0 Å². The van der Waals surface area contributed by atoms with Gasteiger partial charge in [-0.05, 0) is 24.1 Å². The van der Waals surface area contributed by atoms with Gasteiger partial charge in [0.1, 0.15) is 5.82 Å². The standard InChI is InChI=1S/C12H16FNO2/c13-10-3-1-2-9(6-10)12(15)7-14-11-4-5-16-8-11/h1-3,6,11-12,14-15H,4-5,7-8H2. The van der Waals surface area contributed by atoms with Crippen LogP contribution in [0, 0.1) is 5.82 Å². The summed E-state index contributed by atoms with van der Waals surface area (Å²) < 4.78 is 18.1. The van der Waals surface area contributed by atoms with E-state index in [1.54, 1.807) is 12.1 Å². The van der Waals surface area contributed by atoms with E-state index in [1.807, 2.05) is 0 Å². The molecule has 1 aliphatic heterocycles. The van der Waals surface area contributed by atoms with Gasteiger partial charge in [-0.3, -0.25) is 0 Å². The molecular weight excluding hydrogens is 209 g/mol. The van der Waals surface area contributed by atoms with E-state index in [0.29, 0.717) is 24.8 Å². The van der Waals surface area contributed by atoms with Gasteiger partial charge in [-0.15, -0.1) is 0 Å². The van der Waals surface area contributed by atoms with Crippen molar-refractivity contribution in [3.05, 3.63) is 35.6 Å². The van der Waals surface area contributed by atoms with Crippen molar-refractivity contribution in [1.29, 1.82) is 0 Å². The number of rotatable bonds is 4. The molecule has 2 rings (SSSR count). The van der Waals surface area contributed by atoms with Crippen LogP contribution >= 0.6 is 0 Å². The first kappa shape index (κ1) is 11.5. The monoisotopic (exact) mass is 225 g/mol. The summed E-state index contributed by atoms with van der Waals surface area (Å²) in [5, 5.41) is 13.0. The van der Waals surface area contributed by atoms with Crippen LogP contribution in [-0.4, -0.2) is 30.9 Å². The summed E-state index contributed by atoms with van der Waals surface area (Å²) in [6.45, 7) is 1.89. The fraction of sp³-hybridized carbons (Fsp3) is 0.500. The summed E-state index contributed by atoms with van der Waals surface area (Å²) in [6.07, 6.45) is 0.298. The summed E-state index contributed by atoms with van der Waals surface area (Å²) in [5.41, 5.74) is 0.603. The van der Waals surface area contributed by atoms with Crippen LogP contribution in [0.1, 0.15) is 18.1 Å². The maximum atomic E-state index is 12.9. The molecule has 2 unspecified atom stereocenters. The van der Waals surface area contributed by atoms with Crippen molar-refractivity contribution in [3.8, 4) is 0 Å². The van der Waals surface area contributed by atoms with Crippen LogP contribution < -0.4 is 5.32 Å². The summed E-state index contributed by atoms with van der Waals surface area (Å²) in [5.74, 6) is -0.319. The summed E-state index contributed by atoms with van der Waals surface area (Å²) in [6, 6.07) is 6.36. The van der Waals surface area contributed by atoms with Crippen LogP contribution in [0.2, 0.25) is 0 Å². The minimum Gasteiger partial charge on any atom is -0.387 e. The first-order valence-electron chi connectivity index (χ1n) is 5.50. The van der Waals surface area contributed by atoms with Crippen molar-refractivity contribution in [2.75, 3.05) is 19.8 Å². The molecule has 0 saturated carbocycles. The summed E-state index contributed by atoms with van der Waals surface area (Å²) in [7, 11) is 0. The number of hydrogen-bond donors (Lipinski definition) is 2. The second-order valence-electron chi connectivity index (χ2n) is 4.04. The molecule has 1 aromatic rings. The molecule has 0 amide bonds. The van der Waals surface area contributed by atoms with Gasteiger partial charge in [-0.25, -0.2) is 4.39 Å². The topological polar surface area (TPSA) is 41.5 Å². The quantitative estimate of drug-likeness (QED) is 0.810. The predicted molar refractivity (Wildman–Crippen MR) is 58.6 cm³/mol. The van der Waals surface area contributed by atoms with Gasteiger partial charge in [-0.1, -0.05) is 12.1 Å².